The Hall–Kier alpha value is -0.620. The van der Waals surface area contributed by atoms with E-state index in [4.69, 9.17) is 20.1 Å². The van der Waals surface area contributed by atoms with Crippen molar-refractivity contribution in [2.75, 3.05) is 39.5 Å². The molecular formula is C14H29NO4. The average Bonchev–Trinajstić information content (AvgIpc) is 2.42. The van der Waals surface area contributed by atoms with Crippen LogP contribution in [0, 0.1) is 0 Å². The Bertz CT molecular complexity index is 182. The van der Waals surface area contributed by atoms with Gasteiger partial charge in [-0.05, 0) is 25.7 Å². The van der Waals surface area contributed by atoms with Crippen LogP contribution in [0.3, 0.4) is 0 Å². The summed E-state index contributed by atoms with van der Waals surface area (Å²) < 4.78 is 5.25. The van der Waals surface area contributed by atoms with Gasteiger partial charge in [0, 0.05) is 19.6 Å². The van der Waals surface area contributed by atoms with Crippen LogP contribution in [-0.2, 0) is 4.74 Å². The SMILES string of the molecule is C=COC1CCCCC1.OCCN(CCO)CCO. The molecule has 5 nitrogen and oxygen atoms in total. The molecule has 0 aromatic heterocycles. The van der Waals surface area contributed by atoms with Gasteiger partial charge >= 0.3 is 0 Å². The molecule has 0 radical (unpaired) electrons. The standard InChI is InChI=1S/C8H14O.C6H15NO3/c1-2-9-8-6-4-3-5-7-8;8-4-1-7(2-5-9)3-6-10/h2,8H,1,3-7H2;8-10H,1-6H2. The van der Waals surface area contributed by atoms with E-state index in [1.54, 1.807) is 11.2 Å². The van der Waals surface area contributed by atoms with Crippen LogP contribution in [0.25, 0.3) is 0 Å². The molecule has 0 heterocycles. The lowest BCUT2D eigenvalue weighted by atomic mass is 9.98. The van der Waals surface area contributed by atoms with E-state index in [9.17, 15) is 0 Å². The number of nitrogens with zero attached hydrogens (tertiary/aromatic N) is 1. The first-order valence-corrected chi connectivity index (χ1v) is 7.09. The number of aliphatic hydroxyl groups is 3. The molecule has 1 aliphatic carbocycles. The molecule has 0 atom stereocenters. The minimum absolute atomic E-state index is 0.0694. The summed E-state index contributed by atoms with van der Waals surface area (Å²) in [5, 5.41) is 25.5. The van der Waals surface area contributed by atoms with Gasteiger partial charge in [-0.15, -0.1) is 0 Å². The molecule has 5 heteroatoms. The smallest absolute Gasteiger partial charge is 0.0978 e. The molecule has 3 N–H and O–H groups in total. The van der Waals surface area contributed by atoms with Crippen molar-refractivity contribution in [3.05, 3.63) is 12.8 Å². The molecule has 0 aliphatic heterocycles. The van der Waals surface area contributed by atoms with Crippen molar-refractivity contribution in [2.24, 2.45) is 0 Å². The summed E-state index contributed by atoms with van der Waals surface area (Å²) in [4.78, 5) is 1.79. The average molecular weight is 275 g/mol. The number of hydrogen-bond acceptors (Lipinski definition) is 5. The fraction of sp³-hybridized carbons (Fsp3) is 0.857. The third-order valence-corrected chi connectivity index (χ3v) is 3.09. The van der Waals surface area contributed by atoms with Gasteiger partial charge in [0.1, 0.15) is 0 Å². The summed E-state index contributed by atoms with van der Waals surface area (Å²) in [6, 6.07) is 0. The minimum Gasteiger partial charge on any atom is -0.499 e. The van der Waals surface area contributed by atoms with Crippen molar-refractivity contribution < 1.29 is 20.1 Å². The molecule has 1 saturated carbocycles. The molecule has 0 spiro atoms. The predicted molar refractivity (Wildman–Crippen MR) is 75.9 cm³/mol. The summed E-state index contributed by atoms with van der Waals surface area (Å²) >= 11 is 0. The van der Waals surface area contributed by atoms with Gasteiger partial charge in [0.25, 0.3) is 0 Å². The minimum atomic E-state index is 0.0694. The van der Waals surface area contributed by atoms with Crippen LogP contribution in [0.15, 0.2) is 12.8 Å². The lowest BCUT2D eigenvalue weighted by molar-refractivity contribution is 0.107. The van der Waals surface area contributed by atoms with Gasteiger partial charge < -0.3 is 20.1 Å². The highest BCUT2D eigenvalue weighted by Crippen LogP contribution is 2.19. The Morgan fingerprint density at radius 1 is 0.947 bits per heavy atom. The van der Waals surface area contributed by atoms with Gasteiger partial charge in [-0.25, -0.2) is 0 Å². The molecule has 0 aromatic carbocycles. The van der Waals surface area contributed by atoms with Crippen molar-refractivity contribution in [2.45, 2.75) is 38.2 Å². The van der Waals surface area contributed by atoms with E-state index in [0.717, 1.165) is 0 Å². The Morgan fingerprint density at radius 2 is 1.42 bits per heavy atom. The summed E-state index contributed by atoms with van der Waals surface area (Å²) in [5.41, 5.74) is 0. The number of rotatable bonds is 8. The van der Waals surface area contributed by atoms with E-state index in [1.165, 1.54) is 32.1 Å². The fourth-order valence-corrected chi connectivity index (χ4v) is 2.10. The Kier molecular flexibility index (Phi) is 13.4. The molecule has 0 amide bonds. The predicted octanol–water partition coefficient (Wildman–Crippen LogP) is 0.744. The Balaban J connectivity index is 0.000000342. The first-order chi connectivity index (χ1) is 9.28. The maximum atomic E-state index is 8.48. The molecule has 0 saturated heterocycles. The topological polar surface area (TPSA) is 73.2 Å². The second-order valence-electron chi connectivity index (χ2n) is 4.58. The number of hydrogen-bond donors (Lipinski definition) is 3. The zero-order chi connectivity index (χ0) is 14.3. The highest BCUT2D eigenvalue weighted by Gasteiger charge is 2.11. The molecule has 0 unspecified atom stereocenters. The zero-order valence-corrected chi connectivity index (χ0v) is 11.8. The van der Waals surface area contributed by atoms with Crippen molar-refractivity contribution in [3.8, 4) is 0 Å². The molecule has 114 valence electrons. The van der Waals surface area contributed by atoms with Gasteiger partial charge in [-0.2, -0.15) is 0 Å². The number of ether oxygens (including phenoxy) is 1. The van der Waals surface area contributed by atoms with Crippen molar-refractivity contribution in [3.63, 3.8) is 0 Å². The molecular weight excluding hydrogens is 246 g/mol. The van der Waals surface area contributed by atoms with E-state index in [-0.39, 0.29) is 19.8 Å². The highest BCUT2D eigenvalue weighted by atomic mass is 16.5. The normalized spacial score (nSPS) is 15.8. The summed E-state index contributed by atoms with van der Waals surface area (Å²) in [6.07, 6.45) is 8.55. The zero-order valence-electron chi connectivity index (χ0n) is 11.8. The van der Waals surface area contributed by atoms with Gasteiger partial charge in [0.15, 0.2) is 0 Å². The second kappa shape index (κ2) is 13.8. The Labute approximate surface area is 116 Å². The van der Waals surface area contributed by atoms with Gasteiger partial charge in [-0.1, -0.05) is 13.0 Å². The van der Waals surface area contributed by atoms with Crippen LogP contribution in [0.4, 0.5) is 0 Å². The van der Waals surface area contributed by atoms with Crippen LogP contribution in [0.2, 0.25) is 0 Å². The van der Waals surface area contributed by atoms with Crippen LogP contribution in [-0.4, -0.2) is 65.8 Å². The van der Waals surface area contributed by atoms with Crippen LogP contribution >= 0.6 is 0 Å². The highest BCUT2D eigenvalue weighted by molar-refractivity contribution is 4.67. The van der Waals surface area contributed by atoms with Gasteiger partial charge in [-0.3, -0.25) is 4.90 Å². The maximum absolute atomic E-state index is 8.48. The number of aliphatic hydroxyl groups excluding tert-OH is 3. The van der Waals surface area contributed by atoms with Crippen LogP contribution < -0.4 is 0 Å². The van der Waals surface area contributed by atoms with Crippen molar-refractivity contribution in [1.82, 2.24) is 4.90 Å². The van der Waals surface area contributed by atoms with E-state index in [1.807, 2.05) is 0 Å². The molecule has 1 fully saturated rings. The maximum Gasteiger partial charge on any atom is 0.0978 e. The molecule has 0 bridgehead atoms. The van der Waals surface area contributed by atoms with E-state index >= 15 is 0 Å². The van der Waals surface area contributed by atoms with Gasteiger partial charge in [0.2, 0.25) is 0 Å². The summed E-state index contributed by atoms with van der Waals surface area (Å²) in [7, 11) is 0. The summed E-state index contributed by atoms with van der Waals surface area (Å²) in [5.74, 6) is 0. The third-order valence-electron chi connectivity index (χ3n) is 3.09. The first kappa shape index (κ1) is 18.4. The third kappa shape index (κ3) is 10.9. The monoisotopic (exact) mass is 275 g/mol. The molecule has 1 aliphatic rings. The fourth-order valence-electron chi connectivity index (χ4n) is 2.10. The quantitative estimate of drug-likeness (QED) is 0.570. The van der Waals surface area contributed by atoms with Crippen molar-refractivity contribution in [1.29, 1.82) is 0 Å². The largest absolute Gasteiger partial charge is 0.499 e. The molecule has 1 rings (SSSR count). The van der Waals surface area contributed by atoms with Crippen molar-refractivity contribution >= 4 is 0 Å². The van der Waals surface area contributed by atoms with E-state index in [2.05, 4.69) is 6.58 Å². The lowest BCUT2D eigenvalue weighted by Crippen LogP contribution is -2.32. The van der Waals surface area contributed by atoms with Gasteiger partial charge in [0.05, 0.1) is 32.2 Å². The second-order valence-corrected chi connectivity index (χ2v) is 4.58. The van der Waals surface area contributed by atoms with Crippen LogP contribution in [0.5, 0.6) is 0 Å². The Morgan fingerprint density at radius 3 is 1.79 bits per heavy atom. The molecule has 0 aromatic rings. The first-order valence-electron chi connectivity index (χ1n) is 7.09. The van der Waals surface area contributed by atoms with E-state index < -0.39 is 0 Å². The lowest BCUT2D eigenvalue weighted by Gasteiger charge is -2.20. The van der Waals surface area contributed by atoms with Crippen LogP contribution in [0.1, 0.15) is 32.1 Å². The van der Waals surface area contributed by atoms with E-state index in [0.29, 0.717) is 25.7 Å². The summed E-state index contributed by atoms with van der Waals surface area (Å²) in [6.45, 7) is 5.29. The molecule has 19 heavy (non-hydrogen) atoms.